The van der Waals surface area contributed by atoms with Crippen molar-refractivity contribution in [3.8, 4) is 0 Å². The largest absolute Gasteiger partial charge is 0.478 e. The van der Waals surface area contributed by atoms with Gasteiger partial charge in [-0.2, -0.15) is 0 Å². The molecule has 2 aromatic rings. The molecule has 3 unspecified atom stereocenters. The number of hydrogen-bond acceptors (Lipinski definition) is 2. The summed E-state index contributed by atoms with van der Waals surface area (Å²) in [6.45, 7) is 7.54. The maximum atomic E-state index is 6.19. The van der Waals surface area contributed by atoms with Crippen molar-refractivity contribution in [1.29, 1.82) is 0 Å². The molecular formula is C24H30NOP. The Morgan fingerprint density at radius 1 is 0.889 bits per heavy atom. The molecule has 1 fully saturated rings. The van der Waals surface area contributed by atoms with E-state index in [1.165, 1.54) is 29.9 Å². The summed E-state index contributed by atoms with van der Waals surface area (Å²) < 4.78 is 6.19. The fraction of sp³-hybridized carbons (Fsp3) is 0.458. The highest BCUT2D eigenvalue weighted by molar-refractivity contribution is 7.73. The van der Waals surface area contributed by atoms with Crippen LogP contribution in [0.4, 0.5) is 0 Å². The number of rotatable bonds is 4. The predicted molar refractivity (Wildman–Crippen MR) is 117 cm³/mol. The van der Waals surface area contributed by atoms with Crippen LogP contribution in [0.25, 0.3) is 0 Å². The molecule has 0 radical (unpaired) electrons. The predicted octanol–water partition coefficient (Wildman–Crippen LogP) is 5.13. The molecule has 142 valence electrons. The normalized spacial score (nSPS) is 25.5. The van der Waals surface area contributed by atoms with Gasteiger partial charge in [0.15, 0.2) is 5.90 Å². The Morgan fingerprint density at radius 3 is 2.00 bits per heavy atom. The van der Waals surface area contributed by atoms with Gasteiger partial charge in [-0.05, 0) is 42.4 Å². The molecule has 2 aromatic carbocycles. The van der Waals surface area contributed by atoms with Crippen LogP contribution in [0, 0.1) is 11.3 Å². The standard InChI is InChI=1S/C24H30NOP/c1-24(2,3)22-17-26-23(25-22)20-15-10-16-21(20)27(18-11-6-4-7-12-18)19-13-8-5-9-14-19/h4-9,11-14,20-22H,10,15-17H2,1-3H3. The molecule has 1 aliphatic carbocycles. The summed E-state index contributed by atoms with van der Waals surface area (Å²) in [5, 5.41) is 2.95. The molecule has 27 heavy (non-hydrogen) atoms. The Morgan fingerprint density at radius 2 is 1.48 bits per heavy atom. The van der Waals surface area contributed by atoms with E-state index in [9.17, 15) is 0 Å². The van der Waals surface area contributed by atoms with Crippen molar-refractivity contribution >= 4 is 24.4 Å². The lowest BCUT2D eigenvalue weighted by atomic mass is 9.88. The second-order valence-corrected chi connectivity index (χ2v) is 11.2. The van der Waals surface area contributed by atoms with E-state index in [1.54, 1.807) is 0 Å². The molecule has 0 saturated heterocycles. The minimum absolute atomic E-state index is 0.166. The minimum atomic E-state index is -0.411. The van der Waals surface area contributed by atoms with Gasteiger partial charge in [0.05, 0.1) is 6.04 Å². The maximum absolute atomic E-state index is 6.19. The second kappa shape index (κ2) is 7.76. The average molecular weight is 379 g/mol. The first-order valence-corrected chi connectivity index (χ1v) is 11.5. The van der Waals surface area contributed by atoms with Crippen LogP contribution in [0.5, 0.6) is 0 Å². The quantitative estimate of drug-likeness (QED) is 0.675. The van der Waals surface area contributed by atoms with E-state index >= 15 is 0 Å². The van der Waals surface area contributed by atoms with Crippen molar-refractivity contribution in [2.75, 3.05) is 6.61 Å². The number of nitrogens with zero attached hydrogens (tertiary/aromatic N) is 1. The minimum Gasteiger partial charge on any atom is -0.478 e. The average Bonchev–Trinajstić information content (AvgIpc) is 3.33. The van der Waals surface area contributed by atoms with E-state index in [0.717, 1.165) is 12.5 Å². The van der Waals surface area contributed by atoms with E-state index in [1.807, 2.05) is 0 Å². The summed E-state index contributed by atoms with van der Waals surface area (Å²) in [6.07, 6.45) is 3.75. The fourth-order valence-electron chi connectivity index (χ4n) is 4.29. The summed E-state index contributed by atoms with van der Waals surface area (Å²) in [5.74, 6) is 1.50. The van der Waals surface area contributed by atoms with Crippen LogP contribution in [0.3, 0.4) is 0 Å². The summed E-state index contributed by atoms with van der Waals surface area (Å²) >= 11 is 0. The van der Waals surface area contributed by atoms with Crippen LogP contribution in [0.2, 0.25) is 0 Å². The van der Waals surface area contributed by atoms with Gasteiger partial charge < -0.3 is 4.74 Å². The van der Waals surface area contributed by atoms with Crippen LogP contribution < -0.4 is 10.6 Å². The summed E-state index contributed by atoms with van der Waals surface area (Å²) in [6, 6.07) is 22.5. The van der Waals surface area contributed by atoms with Gasteiger partial charge in [0.25, 0.3) is 0 Å². The van der Waals surface area contributed by atoms with E-state index in [0.29, 0.717) is 11.6 Å². The Balaban J connectivity index is 1.68. The zero-order valence-electron chi connectivity index (χ0n) is 16.6. The number of aliphatic imine (C=N–C) groups is 1. The zero-order valence-corrected chi connectivity index (χ0v) is 17.5. The van der Waals surface area contributed by atoms with Gasteiger partial charge in [0.1, 0.15) is 6.61 Å². The first kappa shape index (κ1) is 18.7. The van der Waals surface area contributed by atoms with Gasteiger partial charge in [0.2, 0.25) is 0 Å². The first-order chi connectivity index (χ1) is 13.0. The fourth-order valence-corrected chi connectivity index (χ4v) is 7.41. The van der Waals surface area contributed by atoms with Gasteiger partial charge in [-0.25, -0.2) is 4.99 Å². The van der Waals surface area contributed by atoms with Gasteiger partial charge in [-0.15, -0.1) is 0 Å². The lowest BCUT2D eigenvalue weighted by Gasteiger charge is -2.29. The highest BCUT2D eigenvalue weighted by Crippen LogP contribution is 2.51. The molecule has 4 rings (SSSR count). The maximum Gasteiger partial charge on any atom is 0.187 e. The van der Waals surface area contributed by atoms with Crippen molar-refractivity contribution in [2.24, 2.45) is 16.3 Å². The molecule has 1 heterocycles. The summed E-state index contributed by atoms with van der Waals surface area (Å²) in [5.41, 5.74) is 0.779. The van der Waals surface area contributed by atoms with E-state index in [4.69, 9.17) is 9.73 Å². The van der Waals surface area contributed by atoms with Crippen molar-refractivity contribution in [2.45, 2.75) is 51.7 Å². The van der Waals surface area contributed by atoms with Crippen LogP contribution in [-0.4, -0.2) is 24.2 Å². The third kappa shape index (κ3) is 3.97. The van der Waals surface area contributed by atoms with Crippen LogP contribution in [0.1, 0.15) is 40.0 Å². The van der Waals surface area contributed by atoms with Crippen molar-refractivity contribution in [1.82, 2.24) is 0 Å². The molecule has 0 bridgehead atoms. The molecule has 2 aliphatic rings. The third-order valence-corrected chi connectivity index (χ3v) is 8.86. The van der Waals surface area contributed by atoms with Crippen LogP contribution >= 0.6 is 7.92 Å². The molecular weight excluding hydrogens is 349 g/mol. The Hall–Kier alpha value is -1.66. The monoisotopic (exact) mass is 379 g/mol. The van der Waals surface area contributed by atoms with Gasteiger partial charge in [-0.3, -0.25) is 0 Å². The molecule has 1 saturated carbocycles. The third-order valence-electron chi connectivity index (χ3n) is 5.87. The Bertz CT molecular complexity index is 742. The van der Waals surface area contributed by atoms with Gasteiger partial charge in [-0.1, -0.05) is 87.9 Å². The van der Waals surface area contributed by atoms with E-state index in [-0.39, 0.29) is 11.5 Å². The summed E-state index contributed by atoms with van der Waals surface area (Å²) in [7, 11) is -0.411. The Kier molecular flexibility index (Phi) is 5.37. The number of ether oxygens (including phenoxy) is 1. The SMILES string of the molecule is CC(C)(C)C1COC(C2CCCC2P(c2ccccc2)c2ccccc2)=N1. The first-order valence-electron chi connectivity index (χ1n) is 10.1. The molecule has 2 nitrogen and oxygen atoms in total. The molecule has 0 aromatic heterocycles. The van der Waals surface area contributed by atoms with Crippen molar-refractivity contribution < 1.29 is 4.74 Å². The highest BCUT2D eigenvalue weighted by Gasteiger charge is 2.42. The van der Waals surface area contributed by atoms with Crippen molar-refractivity contribution in [3.05, 3.63) is 60.7 Å². The number of hydrogen-bond donors (Lipinski definition) is 0. The topological polar surface area (TPSA) is 21.6 Å². The lowest BCUT2D eigenvalue weighted by molar-refractivity contribution is 0.229. The molecule has 0 amide bonds. The molecule has 3 atom stereocenters. The second-order valence-electron chi connectivity index (χ2n) is 8.81. The van der Waals surface area contributed by atoms with E-state index < -0.39 is 7.92 Å². The molecule has 0 spiro atoms. The highest BCUT2D eigenvalue weighted by atomic mass is 31.1. The van der Waals surface area contributed by atoms with Crippen molar-refractivity contribution in [3.63, 3.8) is 0 Å². The van der Waals surface area contributed by atoms with Gasteiger partial charge in [0, 0.05) is 5.92 Å². The van der Waals surface area contributed by atoms with E-state index in [2.05, 4.69) is 81.4 Å². The summed E-state index contributed by atoms with van der Waals surface area (Å²) in [4.78, 5) is 5.07. The smallest absolute Gasteiger partial charge is 0.187 e. The van der Waals surface area contributed by atoms with Gasteiger partial charge >= 0.3 is 0 Å². The molecule has 3 heteroatoms. The lowest BCUT2D eigenvalue weighted by Crippen LogP contribution is -2.29. The zero-order chi connectivity index (χ0) is 18.9. The van der Waals surface area contributed by atoms with Crippen LogP contribution in [0.15, 0.2) is 65.7 Å². The molecule has 0 N–H and O–H groups in total. The molecule has 1 aliphatic heterocycles. The van der Waals surface area contributed by atoms with Crippen LogP contribution in [-0.2, 0) is 4.74 Å². The Labute approximate surface area is 164 Å². The number of benzene rings is 2.